The Morgan fingerprint density at radius 3 is 2.54 bits per heavy atom. The average molecular weight is 330 g/mol. The van der Waals surface area contributed by atoms with Crippen LogP contribution in [0.1, 0.15) is 37.7 Å². The third-order valence-electron chi connectivity index (χ3n) is 6.22. The zero-order valence-corrected chi connectivity index (χ0v) is 14.3. The largest absolute Gasteiger partial charge is 0.497 e. The van der Waals surface area contributed by atoms with Gasteiger partial charge in [-0.25, -0.2) is 4.79 Å². The SMILES string of the molecule is COc1ccc(NC(=O)NC2[C@H]3CC4C[C@H]2CC(O)(C4)C3)c(C)c1. The van der Waals surface area contributed by atoms with Crippen LogP contribution >= 0.6 is 0 Å². The van der Waals surface area contributed by atoms with Crippen LogP contribution in [-0.4, -0.2) is 29.9 Å². The highest BCUT2D eigenvalue weighted by molar-refractivity contribution is 5.90. The molecule has 0 saturated heterocycles. The lowest BCUT2D eigenvalue weighted by Crippen LogP contribution is -2.62. The summed E-state index contributed by atoms with van der Waals surface area (Å²) in [7, 11) is 1.63. The van der Waals surface area contributed by atoms with Crippen molar-refractivity contribution >= 4 is 11.7 Å². The lowest BCUT2D eigenvalue weighted by molar-refractivity contribution is -0.136. The van der Waals surface area contributed by atoms with E-state index >= 15 is 0 Å². The summed E-state index contributed by atoms with van der Waals surface area (Å²) in [4.78, 5) is 12.5. The fourth-order valence-electron chi connectivity index (χ4n) is 5.43. The number of aryl methyl sites for hydroxylation is 1. The highest BCUT2D eigenvalue weighted by atomic mass is 16.5. The minimum atomic E-state index is -0.461. The van der Waals surface area contributed by atoms with Gasteiger partial charge in [-0.05, 0) is 80.5 Å². The lowest BCUT2D eigenvalue weighted by atomic mass is 9.52. The van der Waals surface area contributed by atoms with E-state index in [2.05, 4.69) is 10.6 Å². The Bertz CT molecular complexity index is 644. The van der Waals surface area contributed by atoms with Gasteiger partial charge in [-0.2, -0.15) is 0 Å². The van der Waals surface area contributed by atoms with Crippen LogP contribution in [0.5, 0.6) is 5.75 Å². The van der Waals surface area contributed by atoms with E-state index in [1.165, 1.54) is 0 Å². The van der Waals surface area contributed by atoms with Gasteiger partial charge >= 0.3 is 6.03 Å². The topological polar surface area (TPSA) is 70.6 Å². The maximum atomic E-state index is 12.5. The Labute approximate surface area is 142 Å². The summed E-state index contributed by atoms with van der Waals surface area (Å²) < 4.78 is 5.20. The van der Waals surface area contributed by atoms with E-state index in [9.17, 15) is 9.90 Å². The van der Waals surface area contributed by atoms with Crippen molar-refractivity contribution in [1.82, 2.24) is 5.32 Å². The van der Waals surface area contributed by atoms with E-state index in [4.69, 9.17) is 4.74 Å². The number of anilines is 1. The van der Waals surface area contributed by atoms with Crippen LogP contribution in [0.4, 0.5) is 10.5 Å². The zero-order chi connectivity index (χ0) is 16.9. The van der Waals surface area contributed by atoms with Crippen LogP contribution in [0, 0.1) is 24.7 Å². The summed E-state index contributed by atoms with van der Waals surface area (Å²) >= 11 is 0. The van der Waals surface area contributed by atoms with Crippen molar-refractivity contribution in [2.75, 3.05) is 12.4 Å². The molecule has 4 aliphatic rings. The number of hydrogen-bond acceptors (Lipinski definition) is 3. The molecule has 2 amide bonds. The molecule has 5 rings (SSSR count). The van der Waals surface area contributed by atoms with E-state index in [0.717, 1.165) is 49.1 Å². The van der Waals surface area contributed by atoms with Crippen molar-refractivity contribution in [2.45, 2.75) is 50.7 Å². The van der Waals surface area contributed by atoms with E-state index in [-0.39, 0.29) is 12.1 Å². The van der Waals surface area contributed by atoms with Crippen LogP contribution in [0.15, 0.2) is 18.2 Å². The number of ether oxygens (including phenoxy) is 1. The fraction of sp³-hybridized carbons (Fsp3) is 0.632. The molecule has 0 aromatic heterocycles. The van der Waals surface area contributed by atoms with Crippen molar-refractivity contribution in [3.05, 3.63) is 23.8 Å². The molecule has 0 aliphatic heterocycles. The second-order valence-electron chi connectivity index (χ2n) is 8.00. The first-order valence-corrected chi connectivity index (χ1v) is 8.90. The predicted octanol–water partition coefficient (Wildman–Crippen LogP) is 3.06. The normalized spacial score (nSPS) is 36.5. The summed E-state index contributed by atoms with van der Waals surface area (Å²) in [6.07, 6.45) is 4.93. The maximum absolute atomic E-state index is 12.5. The van der Waals surface area contributed by atoms with Crippen molar-refractivity contribution in [3.8, 4) is 5.75 Å². The third kappa shape index (κ3) is 2.75. The molecule has 3 N–H and O–H groups in total. The Balaban J connectivity index is 1.42. The second-order valence-corrected chi connectivity index (χ2v) is 8.00. The molecule has 24 heavy (non-hydrogen) atoms. The van der Waals surface area contributed by atoms with E-state index in [1.54, 1.807) is 7.11 Å². The number of amides is 2. The standard InChI is InChI=1S/C19H26N2O3/c1-11-5-15(24-2)3-4-16(11)20-18(22)21-17-13-6-12-7-14(17)10-19(23,8-12)9-13/h3-5,12-14,17,23H,6-10H2,1-2H3,(H2,20,21,22)/t12?,13-,14-,17?,19?/m0/s1. The third-order valence-corrected chi connectivity index (χ3v) is 6.22. The Hall–Kier alpha value is -1.75. The van der Waals surface area contributed by atoms with E-state index < -0.39 is 5.60 Å². The van der Waals surface area contributed by atoms with Gasteiger partial charge in [-0.3, -0.25) is 0 Å². The molecule has 4 aliphatic carbocycles. The number of benzene rings is 1. The first-order chi connectivity index (χ1) is 11.5. The van der Waals surface area contributed by atoms with Crippen LogP contribution < -0.4 is 15.4 Å². The molecule has 0 heterocycles. The summed E-state index contributed by atoms with van der Waals surface area (Å²) in [5.41, 5.74) is 1.32. The van der Waals surface area contributed by atoms with Gasteiger partial charge in [-0.15, -0.1) is 0 Å². The number of methoxy groups -OCH3 is 1. The molecular weight excluding hydrogens is 304 g/mol. The van der Waals surface area contributed by atoms with Crippen molar-refractivity contribution in [1.29, 1.82) is 0 Å². The number of aliphatic hydroxyl groups is 1. The van der Waals surface area contributed by atoms with Crippen molar-refractivity contribution in [3.63, 3.8) is 0 Å². The van der Waals surface area contributed by atoms with Gasteiger partial charge in [-0.1, -0.05) is 0 Å². The summed E-state index contributed by atoms with van der Waals surface area (Å²) in [5, 5.41) is 16.8. The molecule has 5 heteroatoms. The zero-order valence-electron chi connectivity index (χ0n) is 14.3. The second kappa shape index (κ2) is 5.66. The molecule has 4 saturated carbocycles. The quantitative estimate of drug-likeness (QED) is 0.798. The van der Waals surface area contributed by atoms with Crippen LogP contribution in [0.25, 0.3) is 0 Å². The summed E-state index contributed by atoms with van der Waals surface area (Å²) in [5.74, 6) is 2.28. The molecule has 0 unspecified atom stereocenters. The average Bonchev–Trinajstić information content (AvgIpc) is 2.51. The Morgan fingerprint density at radius 1 is 1.25 bits per heavy atom. The molecule has 2 atom stereocenters. The van der Waals surface area contributed by atoms with Gasteiger partial charge < -0.3 is 20.5 Å². The summed E-state index contributed by atoms with van der Waals surface area (Å²) in [6, 6.07) is 5.68. The fourth-order valence-corrected chi connectivity index (χ4v) is 5.43. The first-order valence-electron chi connectivity index (χ1n) is 8.90. The van der Waals surface area contributed by atoms with Gasteiger partial charge in [0.2, 0.25) is 0 Å². The Kier molecular flexibility index (Phi) is 3.71. The predicted molar refractivity (Wildman–Crippen MR) is 92.2 cm³/mol. The minimum absolute atomic E-state index is 0.146. The maximum Gasteiger partial charge on any atom is 0.319 e. The highest BCUT2D eigenvalue weighted by Gasteiger charge is 2.55. The molecule has 1 aromatic rings. The first kappa shape index (κ1) is 15.8. The van der Waals surface area contributed by atoms with Gasteiger partial charge in [0.1, 0.15) is 5.75 Å². The number of hydrogen-bond donors (Lipinski definition) is 3. The van der Waals surface area contributed by atoms with Crippen LogP contribution in [0.2, 0.25) is 0 Å². The highest BCUT2D eigenvalue weighted by Crippen LogP contribution is 2.55. The molecule has 1 aromatic carbocycles. The number of urea groups is 1. The molecule has 0 spiro atoms. The van der Waals surface area contributed by atoms with Gasteiger partial charge in [0, 0.05) is 11.7 Å². The van der Waals surface area contributed by atoms with Gasteiger partial charge in [0.05, 0.1) is 12.7 Å². The summed E-state index contributed by atoms with van der Waals surface area (Å²) in [6.45, 7) is 1.95. The van der Waals surface area contributed by atoms with Crippen LogP contribution in [0.3, 0.4) is 0 Å². The monoisotopic (exact) mass is 330 g/mol. The molecule has 5 nitrogen and oxygen atoms in total. The molecule has 4 bridgehead atoms. The molecule has 0 radical (unpaired) electrons. The van der Waals surface area contributed by atoms with Crippen molar-refractivity contribution < 1.29 is 14.6 Å². The van der Waals surface area contributed by atoms with E-state index in [1.807, 2.05) is 25.1 Å². The van der Waals surface area contributed by atoms with E-state index in [0.29, 0.717) is 17.8 Å². The lowest BCUT2D eigenvalue weighted by Gasteiger charge is -2.58. The molecule has 130 valence electrons. The number of rotatable bonds is 3. The smallest absolute Gasteiger partial charge is 0.319 e. The number of nitrogens with one attached hydrogen (secondary N) is 2. The van der Waals surface area contributed by atoms with Crippen molar-refractivity contribution in [2.24, 2.45) is 17.8 Å². The van der Waals surface area contributed by atoms with Gasteiger partial charge in [0.15, 0.2) is 0 Å². The number of carbonyl (C=O) groups is 1. The minimum Gasteiger partial charge on any atom is -0.497 e. The van der Waals surface area contributed by atoms with Gasteiger partial charge in [0.25, 0.3) is 0 Å². The molecule has 4 fully saturated rings. The Morgan fingerprint density at radius 2 is 1.96 bits per heavy atom. The number of carbonyl (C=O) groups excluding carboxylic acids is 1. The van der Waals surface area contributed by atoms with Crippen LogP contribution in [-0.2, 0) is 0 Å². The molecular formula is C19H26N2O3.